The number of nitrogens with zero attached hydrogens (tertiary/aromatic N) is 2. The van der Waals surface area contributed by atoms with Crippen molar-refractivity contribution in [2.24, 2.45) is 5.11 Å². The first kappa shape index (κ1) is 12.2. The van der Waals surface area contributed by atoms with Crippen LogP contribution in [0.15, 0.2) is 35.4 Å². The van der Waals surface area contributed by atoms with Gasteiger partial charge in [-0.3, -0.25) is 4.79 Å². The van der Waals surface area contributed by atoms with Crippen molar-refractivity contribution in [1.82, 2.24) is 0 Å². The Kier molecular flexibility index (Phi) is 3.60. The van der Waals surface area contributed by atoms with Gasteiger partial charge in [0.25, 0.3) is 5.72 Å². The fraction of sp³-hybridized carbons (Fsp3) is 0.364. The lowest BCUT2D eigenvalue weighted by molar-refractivity contribution is -0.457. The third kappa shape index (κ3) is 3.68. The summed E-state index contributed by atoms with van der Waals surface area (Å²) >= 11 is 0. The average molecular weight is 222 g/mol. The molecule has 86 valence electrons. The molecule has 0 radical (unpaired) electrons. The topological polar surface area (TPSA) is 64.7 Å². The molecule has 1 aromatic rings. The molecule has 0 saturated heterocycles. The van der Waals surface area contributed by atoms with Crippen LogP contribution in [0.1, 0.15) is 20.8 Å². The summed E-state index contributed by atoms with van der Waals surface area (Å²) in [6, 6.07) is 8.51. The summed E-state index contributed by atoms with van der Waals surface area (Å²) in [5.74, 6) is -0.477. The van der Waals surface area contributed by atoms with Gasteiger partial charge in [-0.2, -0.15) is 0 Å². The molecule has 16 heavy (non-hydrogen) atoms. The molecule has 0 bridgehead atoms. The number of hydrogen-bond donors (Lipinski definition) is 0. The van der Waals surface area contributed by atoms with Gasteiger partial charge in [0.1, 0.15) is 0 Å². The number of esters is 1. The molecule has 0 heterocycles. The van der Waals surface area contributed by atoms with Crippen molar-refractivity contribution in [3.05, 3.63) is 35.5 Å². The van der Waals surface area contributed by atoms with Crippen LogP contribution in [-0.4, -0.2) is 16.6 Å². The maximum Gasteiger partial charge on any atom is 0.304 e. The van der Waals surface area contributed by atoms with E-state index in [1.807, 2.05) is 0 Å². The van der Waals surface area contributed by atoms with Gasteiger partial charge in [0.05, 0.1) is 0 Å². The van der Waals surface area contributed by atoms with Crippen LogP contribution < -0.4 is 0 Å². The standard InChI is InChI=1S/C11H14N2O3/c1-9(14)16-11(2,3)12-13(15)10-7-5-4-6-8-10/h4-8H,1-3H3. The first-order valence-corrected chi connectivity index (χ1v) is 4.85. The number of hydrogen-bond acceptors (Lipinski definition) is 4. The van der Waals surface area contributed by atoms with Gasteiger partial charge < -0.3 is 9.94 Å². The van der Waals surface area contributed by atoms with Gasteiger partial charge in [-0.05, 0) is 0 Å². The van der Waals surface area contributed by atoms with Crippen molar-refractivity contribution in [2.75, 3.05) is 0 Å². The molecular formula is C11H14N2O3. The Bertz CT molecular complexity index is 399. The Balaban J connectivity index is 2.88. The molecule has 5 nitrogen and oxygen atoms in total. The summed E-state index contributed by atoms with van der Waals surface area (Å²) in [6.07, 6.45) is 0. The number of benzene rings is 1. The summed E-state index contributed by atoms with van der Waals surface area (Å²) in [6.45, 7) is 4.36. The van der Waals surface area contributed by atoms with E-state index in [0.29, 0.717) is 10.5 Å². The Labute approximate surface area is 93.9 Å². The Hall–Kier alpha value is -1.91. The first-order chi connectivity index (χ1) is 7.41. The minimum Gasteiger partial charge on any atom is -0.594 e. The van der Waals surface area contributed by atoms with Crippen LogP contribution >= 0.6 is 0 Å². The van der Waals surface area contributed by atoms with Gasteiger partial charge in [-0.25, -0.2) is 0 Å². The van der Waals surface area contributed by atoms with Gasteiger partial charge in [-0.15, -0.1) is 0 Å². The molecule has 0 unspecified atom stereocenters. The third-order valence-electron chi connectivity index (χ3n) is 1.70. The monoisotopic (exact) mass is 222 g/mol. The Morgan fingerprint density at radius 2 is 1.94 bits per heavy atom. The third-order valence-corrected chi connectivity index (χ3v) is 1.70. The zero-order valence-electron chi connectivity index (χ0n) is 9.51. The summed E-state index contributed by atoms with van der Waals surface area (Å²) < 4.78 is 4.88. The smallest absolute Gasteiger partial charge is 0.304 e. The van der Waals surface area contributed by atoms with E-state index in [9.17, 15) is 10.0 Å². The molecule has 0 aromatic heterocycles. The van der Waals surface area contributed by atoms with Crippen LogP contribution in [-0.2, 0) is 9.53 Å². The molecule has 1 aromatic carbocycles. The van der Waals surface area contributed by atoms with E-state index < -0.39 is 11.7 Å². The van der Waals surface area contributed by atoms with E-state index in [1.54, 1.807) is 44.2 Å². The zero-order valence-corrected chi connectivity index (χ0v) is 9.51. The maximum absolute atomic E-state index is 11.6. The highest BCUT2D eigenvalue weighted by atomic mass is 16.6. The summed E-state index contributed by atoms with van der Waals surface area (Å²) in [5.41, 5.74) is -0.772. The van der Waals surface area contributed by atoms with Crippen LogP contribution in [0.25, 0.3) is 0 Å². The predicted octanol–water partition coefficient (Wildman–Crippen LogP) is 2.58. The number of carbonyl (C=O) groups is 1. The second-order valence-electron chi connectivity index (χ2n) is 3.75. The maximum atomic E-state index is 11.6. The highest BCUT2D eigenvalue weighted by Gasteiger charge is 2.25. The number of ether oxygens (including phenoxy) is 1. The second-order valence-corrected chi connectivity index (χ2v) is 3.75. The fourth-order valence-corrected chi connectivity index (χ4v) is 1.20. The lowest BCUT2D eigenvalue weighted by Gasteiger charge is -2.16. The van der Waals surface area contributed by atoms with E-state index >= 15 is 0 Å². The van der Waals surface area contributed by atoms with E-state index in [1.165, 1.54) is 6.92 Å². The summed E-state index contributed by atoms with van der Waals surface area (Å²) in [5, 5.41) is 15.4. The van der Waals surface area contributed by atoms with Crippen molar-refractivity contribution in [2.45, 2.75) is 26.5 Å². The van der Waals surface area contributed by atoms with Crippen LogP contribution in [0.2, 0.25) is 0 Å². The highest BCUT2D eigenvalue weighted by Crippen LogP contribution is 2.16. The number of para-hydroxylation sites is 1. The van der Waals surface area contributed by atoms with Crippen LogP contribution in [0.3, 0.4) is 0 Å². The Morgan fingerprint density at radius 1 is 1.38 bits per heavy atom. The van der Waals surface area contributed by atoms with Crippen molar-refractivity contribution in [1.29, 1.82) is 0 Å². The van der Waals surface area contributed by atoms with E-state index in [4.69, 9.17) is 4.74 Å². The molecule has 0 atom stereocenters. The highest BCUT2D eigenvalue weighted by molar-refractivity contribution is 5.66. The second kappa shape index (κ2) is 4.74. The minimum absolute atomic E-state index is 0.391. The molecule has 5 heteroatoms. The van der Waals surface area contributed by atoms with E-state index in [-0.39, 0.29) is 0 Å². The molecule has 0 spiro atoms. The zero-order chi connectivity index (χ0) is 12.2. The van der Waals surface area contributed by atoms with E-state index in [0.717, 1.165) is 0 Å². The molecule has 0 saturated carbocycles. The molecule has 1 rings (SSSR count). The summed E-state index contributed by atoms with van der Waals surface area (Å²) in [7, 11) is 0. The Morgan fingerprint density at radius 3 is 2.44 bits per heavy atom. The van der Waals surface area contributed by atoms with Gasteiger partial charge in [0, 0.05) is 38.0 Å². The van der Waals surface area contributed by atoms with E-state index in [2.05, 4.69) is 5.11 Å². The van der Waals surface area contributed by atoms with Crippen molar-refractivity contribution >= 4 is 11.7 Å². The lowest BCUT2D eigenvalue weighted by Crippen LogP contribution is -2.25. The molecule has 0 fully saturated rings. The molecule has 0 aliphatic rings. The average Bonchev–Trinajstić information content (AvgIpc) is 2.16. The molecule has 0 N–H and O–H groups in total. The van der Waals surface area contributed by atoms with Crippen molar-refractivity contribution in [3.63, 3.8) is 0 Å². The predicted molar refractivity (Wildman–Crippen MR) is 58.0 cm³/mol. The van der Waals surface area contributed by atoms with Crippen molar-refractivity contribution < 1.29 is 14.4 Å². The molecular weight excluding hydrogens is 208 g/mol. The van der Waals surface area contributed by atoms with Gasteiger partial charge in [0.15, 0.2) is 0 Å². The van der Waals surface area contributed by atoms with Gasteiger partial charge in [0.2, 0.25) is 5.69 Å². The normalized spacial score (nSPS) is 12.3. The first-order valence-electron chi connectivity index (χ1n) is 4.85. The minimum atomic E-state index is -1.16. The number of azo groups is 1. The number of rotatable bonds is 3. The molecule has 0 amide bonds. The van der Waals surface area contributed by atoms with Gasteiger partial charge in [-0.1, -0.05) is 23.1 Å². The number of carbonyl (C=O) groups excluding carboxylic acids is 1. The van der Waals surface area contributed by atoms with Crippen LogP contribution in [0, 0.1) is 5.21 Å². The van der Waals surface area contributed by atoms with Crippen LogP contribution in [0.5, 0.6) is 0 Å². The summed E-state index contributed by atoms with van der Waals surface area (Å²) in [4.78, 5) is 11.2. The van der Waals surface area contributed by atoms with Crippen LogP contribution in [0.4, 0.5) is 5.69 Å². The van der Waals surface area contributed by atoms with Crippen molar-refractivity contribution in [3.8, 4) is 0 Å². The van der Waals surface area contributed by atoms with Gasteiger partial charge >= 0.3 is 5.97 Å². The fourth-order valence-electron chi connectivity index (χ4n) is 1.20. The lowest BCUT2D eigenvalue weighted by atomic mass is 10.3. The molecule has 0 aliphatic carbocycles. The molecule has 0 aliphatic heterocycles. The SMILES string of the molecule is CC(=O)OC(C)(C)N=[N+]([O-])c1ccccc1. The quantitative estimate of drug-likeness (QED) is 0.341. The largest absolute Gasteiger partial charge is 0.594 e.